The van der Waals surface area contributed by atoms with E-state index in [4.69, 9.17) is 12.2 Å². The van der Waals surface area contributed by atoms with Gasteiger partial charge in [-0.05, 0) is 54.6 Å². The zero-order valence-electron chi connectivity index (χ0n) is 14.6. The SMILES string of the molecule is CCc1cccc(N2C(=O)/C(=C\C=C\c3ccccc3[N+](=O)[O-])NC2=S)c1. The molecule has 1 fully saturated rings. The van der Waals surface area contributed by atoms with Gasteiger partial charge in [-0.2, -0.15) is 0 Å². The maximum Gasteiger partial charge on any atom is 0.281 e. The van der Waals surface area contributed by atoms with Gasteiger partial charge in [0.25, 0.3) is 11.6 Å². The second-order valence-corrected chi connectivity index (χ2v) is 6.24. The van der Waals surface area contributed by atoms with Crippen LogP contribution in [0.1, 0.15) is 18.1 Å². The Kier molecular flexibility index (Phi) is 5.42. The molecule has 136 valence electrons. The normalized spacial score (nSPS) is 15.6. The molecule has 1 amide bonds. The van der Waals surface area contributed by atoms with E-state index < -0.39 is 4.92 Å². The van der Waals surface area contributed by atoms with E-state index in [1.165, 1.54) is 11.0 Å². The van der Waals surface area contributed by atoms with E-state index in [2.05, 4.69) is 5.32 Å². The van der Waals surface area contributed by atoms with Crippen molar-refractivity contribution in [2.45, 2.75) is 13.3 Å². The second kappa shape index (κ2) is 7.92. The predicted molar refractivity (Wildman–Crippen MR) is 109 cm³/mol. The largest absolute Gasteiger partial charge is 0.327 e. The Morgan fingerprint density at radius 3 is 2.74 bits per heavy atom. The number of nitro groups is 1. The maximum absolute atomic E-state index is 12.7. The Balaban J connectivity index is 1.83. The molecular formula is C20H17N3O3S. The summed E-state index contributed by atoms with van der Waals surface area (Å²) in [4.78, 5) is 24.8. The number of hydrogen-bond donors (Lipinski definition) is 1. The van der Waals surface area contributed by atoms with Gasteiger partial charge in [0.2, 0.25) is 0 Å². The van der Waals surface area contributed by atoms with Crippen LogP contribution in [0, 0.1) is 10.1 Å². The lowest BCUT2D eigenvalue weighted by atomic mass is 10.1. The zero-order valence-corrected chi connectivity index (χ0v) is 15.4. The molecule has 1 heterocycles. The summed E-state index contributed by atoms with van der Waals surface area (Å²) >= 11 is 5.29. The van der Waals surface area contributed by atoms with E-state index in [1.54, 1.807) is 36.4 Å². The molecule has 3 rings (SSSR count). The molecule has 2 aromatic rings. The molecule has 1 saturated heterocycles. The summed E-state index contributed by atoms with van der Waals surface area (Å²) in [6.45, 7) is 2.04. The Morgan fingerprint density at radius 2 is 2.00 bits per heavy atom. The quantitative estimate of drug-likeness (QED) is 0.368. The first kappa shape index (κ1) is 18.5. The van der Waals surface area contributed by atoms with Gasteiger partial charge in [-0.25, -0.2) is 0 Å². The first-order valence-electron chi connectivity index (χ1n) is 8.37. The molecule has 6 nitrogen and oxygen atoms in total. The van der Waals surface area contributed by atoms with Crippen molar-refractivity contribution in [3.05, 3.63) is 87.6 Å². The highest BCUT2D eigenvalue weighted by Crippen LogP contribution is 2.23. The first-order chi connectivity index (χ1) is 13.0. The first-order valence-corrected chi connectivity index (χ1v) is 8.78. The number of allylic oxidation sites excluding steroid dienone is 2. The van der Waals surface area contributed by atoms with E-state index in [-0.39, 0.29) is 11.6 Å². The number of anilines is 1. The van der Waals surface area contributed by atoms with Gasteiger partial charge >= 0.3 is 0 Å². The van der Waals surface area contributed by atoms with E-state index >= 15 is 0 Å². The number of hydrogen-bond acceptors (Lipinski definition) is 4. The number of carbonyl (C=O) groups is 1. The number of nitro benzene ring substituents is 1. The molecule has 2 aromatic carbocycles. The molecule has 0 aromatic heterocycles. The molecule has 27 heavy (non-hydrogen) atoms. The summed E-state index contributed by atoms with van der Waals surface area (Å²) in [5, 5.41) is 14.3. The third-order valence-corrected chi connectivity index (χ3v) is 4.41. The fourth-order valence-electron chi connectivity index (χ4n) is 2.74. The minimum Gasteiger partial charge on any atom is -0.327 e. The molecular weight excluding hydrogens is 362 g/mol. The summed E-state index contributed by atoms with van der Waals surface area (Å²) in [6, 6.07) is 14.0. The summed E-state index contributed by atoms with van der Waals surface area (Å²) in [6.07, 6.45) is 5.60. The second-order valence-electron chi connectivity index (χ2n) is 5.85. The van der Waals surface area contributed by atoms with Crippen molar-refractivity contribution in [1.29, 1.82) is 0 Å². The predicted octanol–water partition coefficient (Wildman–Crippen LogP) is 3.98. The van der Waals surface area contributed by atoms with E-state index in [9.17, 15) is 14.9 Å². The van der Waals surface area contributed by atoms with E-state index in [0.29, 0.717) is 22.1 Å². The highest BCUT2D eigenvalue weighted by atomic mass is 32.1. The molecule has 0 aliphatic carbocycles. The molecule has 1 N–H and O–H groups in total. The Bertz CT molecular complexity index is 982. The number of benzene rings is 2. The van der Waals surface area contributed by atoms with Gasteiger partial charge in [-0.15, -0.1) is 0 Å². The molecule has 0 spiro atoms. The number of rotatable bonds is 5. The van der Waals surface area contributed by atoms with Crippen LogP contribution in [0.15, 0.2) is 66.4 Å². The van der Waals surface area contributed by atoms with Crippen LogP contribution < -0.4 is 10.2 Å². The molecule has 0 bridgehead atoms. The lowest BCUT2D eigenvalue weighted by molar-refractivity contribution is -0.385. The van der Waals surface area contributed by atoms with Gasteiger partial charge in [0, 0.05) is 6.07 Å². The zero-order chi connectivity index (χ0) is 19.4. The van der Waals surface area contributed by atoms with Crippen LogP contribution in [0.25, 0.3) is 6.08 Å². The number of aryl methyl sites for hydroxylation is 1. The summed E-state index contributed by atoms with van der Waals surface area (Å²) in [5.41, 5.74) is 2.60. The van der Waals surface area contributed by atoms with Crippen LogP contribution in [0.2, 0.25) is 0 Å². The molecule has 0 saturated carbocycles. The Labute approximate surface area is 162 Å². The lowest BCUT2D eigenvalue weighted by Gasteiger charge is -2.14. The van der Waals surface area contributed by atoms with E-state index in [1.807, 2.05) is 31.2 Å². The number of thiocarbonyl (C=S) groups is 1. The Morgan fingerprint density at radius 1 is 1.22 bits per heavy atom. The number of amides is 1. The van der Waals surface area contributed by atoms with Crippen molar-refractivity contribution in [1.82, 2.24) is 5.32 Å². The van der Waals surface area contributed by atoms with Crippen LogP contribution in [-0.2, 0) is 11.2 Å². The van der Waals surface area contributed by atoms with Gasteiger partial charge in [0.1, 0.15) is 5.70 Å². The molecule has 7 heteroatoms. The van der Waals surface area contributed by atoms with Crippen molar-refractivity contribution in [3.63, 3.8) is 0 Å². The van der Waals surface area contributed by atoms with Gasteiger partial charge in [-0.1, -0.05) is 37.3 Å². The molecule has 0 radical (unpaired) electrons. The van der Waals surface area contributed by atoms with Crippen molar-refractivity contribution >= 4 is 40.7 Å². The van der Waals surface area contributed by atoms with Crippen molar-refractivity contribution in [3.8, 4) is 0 Å². The smallest absolute Gasteiger partial charge is 0.281 e. The molecule has 0 unspecified atom stereocenters. The summed E-state index contributed by atoms with van der Waals surface area (Å²) < 4.78 is 0. The molecule has 0 atom stereocenters. The number of para-hydroxylation sites is 1. The average molecular weight is 379 g/mol. The third-order valence-electron chi connectivity index (χ3n) is 4.13. The van der Waals surface area contributed by atoms with Crippen LogP contribution in [0.4, 0.5) is 11.4 Å². The van der Waals surface area contributed by atoms with Gasteiger partial charge in [0.15, 0.2) is 5.11 Å². The van der Waals surface area contributed by atoms with Crippen LogP contribution in [-0.4, -0.2) is 15.9 Å². The van der Waals surface area contributed by atoms with Crippen LogP contribution in [0.3, 0.4) is 0 Å². The standard InChI is InChI=1S/C20H17N3O3S/c1-2-14-7-5-10-16(13-14)22-19(24)17(21-20(22)27)11-6-9-15-8-3-4-12-18(15)23(25)26/h3-13H,2H2,1H3,(H,21,27)/b9-6+,17-11+. The topological polar surface area (TPSA) is 75.5 Å². The van der Waals surface area contributed by atoms with Crippen molar-refractivity contribution in [2.24, 2.45) is 0 Å². The Hall–Kier alpha value is -3.32. The summed E-state index contributed by atoms with van der Waals surface area (Å²) in [7, 11) is 0. The number of nitrogens with one attached hydrogen (secondary N) is 1. The molecule has 1 aliphatic heterocycles. The van der Waals surface area contributed by atoms with Crippen molar-refractivity contribution < 1.29 is 9.72 Å². The average Bonchev–Trinajstić information content (AvgIpc) is 2.95. The molecule has 1 aliphatic rings. The maximum atomic E-state index is 12.7. The minimum atomic E-state index is -0.441. The van der Waals surface area contributed by atoms with Gasteiger partial charge < -0.3 is 5.32 Å². The van der Waals surface area contributed by atoms with E-state index in [0.717, 1.165) is 12.0 Å². The number of nitrogens with zero attached hydrogens (tertiary/aromatic N) is 2. The van der Waals surface area contributed by atoms with Crippen LogP contribution >= 0.6 is 12.2 Å². The third kappa shape index (κ3) is 3.93. The monoisotopic (exact) mass is 379 g/mol. The van der Waals surface area contributed by atoms with Gasteiger partial charge in [-0.3, -0.25) is 19.8 Å². The highest BCUT2D eigenvalue weighted by Gasteiger charge is 2.31. The highest BCUT2D eigenvalue weighted by molar-refractivity contribution is 7.80. The summed E-state index contributed by atoms with van der Waals surface area (Å²) in [5.74, 6) is -0.263. The van der Waals surface area contributed by atoms with Gasteiger partial charge in [0.05, 0.1) is 16.2 Å². The minimum absolute atomic E-state index is 0.00591. The van der Waals surface area contributed by atoms with Crippen LogP contribution in [0.5, 0.6) is 0 Å². The lowest BCUT2D eigenvalue weighted by Crippen LogP contribution is -2.30. The fraction of sp³-hybridized carbons (Fsp3) is 0.100. The van der Waals surface area contributed by atoms with Crippen molar-refractivity contribution in [2.75, 3.05) is 4.90 Å². The number of carbonyl (C=O) groups excluding carboxylic acids is 1. The fourth-order valence-corrected chi connectivity index (χ4v) is 3.04.